The van der Waals surface area contributed by atoms with E-state index in [4.69, 9.17) is 0 Å². The monoisotopic (exact) mass is 483 g/mol. The number of hydrogen-bond acceptors (Lipinski definition) is 5. The summed E-state index contributed by atoms with van der Waals surface area (Å²) in [6.45, 7) is 0.187. The number of imide groups is 1. The van der Waals surface area contributed by atoms with Crippen LogP contribution >= 0.6 is 27.7 Å². The Labute approximate surface area is 184 Å². The van der Waals surface area contributed by atoms with Crippen molar-refractivity contribution in [3.63, 3.8) is 0 Å². The standard InChI is InChI=1S/C21H14BrN3O4S/c22-18-6-2-1-4-14(18)13-24-20(26)19(30-21(24)27)12-17-5-3-11-23(17)15-7-9-16(10-8-15)25(28)29/h1-12H,13H2/b19-12-. The van der Waals surface area contributed by atoms with Crippen molar-refractivity contribution >= 4 is 50.6 Å². The minimum Gasteiger partial charge on any atom is -0.317 e. The second kappa shape index (κ2) is 8.29. The average molecular weight is 484 g/mol. The number of halogens is 1. The molecular weight excluding hydrogens is 470 g/mol. The SMILES string of the molecule is O=C1S/C(=C\c2cccn2-c2ccc([N+](=O)[O-])cc2)C(=O)N1Cc1ccccc1Br. The van der Waals surface area contributed by atoms with Gasteiger partial charge in [0.1, 0.15) is 0 Å². The van der Waals surface area contributed by atoms with Gasteiger partial charge in [-0.25, -0.2) is 0 Å². The van der Waals surface area contributed by atoms with E-state index >= 15 is 0 Å². The highest BCUT2D eigenvalue weighted by molar-refractivity contribution is 9.10. The third kappa shape index (κ3) is 3.94. The molecule has 2 amide bonds. The lowest BCUT2D eigenvalue weighted by Crippen LogP contribution is -2.27. The molecule has 1 aromatic heterocycles. The zero-order valence-corrected chi connectivity index (χ0v) is 17.8. The Morgan fingerprint density at radius 2 is 1.77 bits per heavy atom. The molecule has 30 heavy (non-hydrogen) atoms. The summed E-state index contributed by atoms with van der Waals surface area (Å²) >= 11 is 4.34. The second-order valence-electron chi connectivity index (χ2n) is 6.44. The van der Waals surface area contributed by atoms with Gasteiger partial charge >= 0.3 is 0 Å². The van der Waals surface area contributed by atoms with Crippen molar-refractivity contribution in [2.24, 2.45) is 0 Å². The predicted molar refractivity (Wildman–Crippen MR) is 118 cm³/mol. The first-order valence-corrected chi connectivity index (χ1v) is 10.5. The number of carbonyl (C=O) groups is 2. The summed E-state index contributed by atoms with van der Waals surface area (Å²) in [5.41, 5.74) is 2.25. The molecule has 1 saturated heterocycles. The molecule has 0 N–H and O–H groups in total. The van der Waals surface area contributed by atoms with Gasteiger partial charge in [-0.1, -0.05) is 34.1 Å². The van der Waals surface area contributed by atoms with Gasteiger partial charge < -0.3 is 4.57 Å². The number of rotatable bonds is 5. The van der Waals surface area contributed by atoms with Crippen LogP contribution in [0, 0.1) is 10.1 Å². The lowest BCUT2D eigenvalue weighted by atomic mass is 10.2. The van der Waals surface area contributed by atoms with Crippen molar-refractivity contribution in [1.82, 2.24) is 9.47 Å². The molecule has 0 atom stereocenters. The molecule has 0 bridgehead atoms. The first-order chi connectivity index (χ1) is 14.4. The van der Waals surface area contributed by atoms with Gasteiger partial charge in [0, 0.05) is 34.2 Å². The Balaban J connectivity index is 1.60. The number of thioether (sulfide) groups is 1. The number of non-ortho nitro benzene ring substituents is 1. The fourth-order valence-corrected chi connectivity index (χ4v) is 4.28. The highest BCUT2D eigenvalue weighted by Crippen LogP contribution is 2.34. The van der Waals surface area contributed by atoms with E-state index in [-0.39, 0.29) is 23.4 Å². The molecule has 2 aromatic carbocycles. The Morgan fingerprint density at radius 1 is 1.03 bits per heavy atom. The number of hydrogen-bond donors (Lipinski definition) is 0. The van der Waals surface area contributed by atoms with Gasteiger partial charge in [0.05, 0.1) is 16.4 Å². The molecule has 150 valence electrons. The van der Waals surface area contributed by atoms with Crippen molar-refractivity contribution in [2.75, 3.05) is 0 Å². The Hall–Kier alpha value is -3.17. The van der Waals surface area contributed by atoms with Gasteiger partial charge in [-0.15, -0.1) is 0 Å². The molecule has 1 fully saturated rings. The molecule has 0 saturated carbocycles. The summed E-state index contributed by atoms with van der Waals surface area (Å²) < 4.78 is 2.63. The molecule has 9 heteroatoms. The summed E-state index contributed by atoms with van der Waals surface area (Å²) in [5.74, 6) is -0.350. The molecule has 0 spiro atoms. The van der Waals surface area contributed by atoms with Crippen LogP contribution in [0.15, 0.2) is 76.2 Å². The summed E-state index contributed by atoms with van der Waals surface area (Å²) in [6.07, 6.45) is 3.45. The highest BCUT2D eigenvalue weighted by atomic mass is 79.9. The second-order valence-corrected chi connectivity index (χ2v) is 8.28. The van der Waals surface area contributed by atoms with Crippen LogP contribution in [0.4, 0.5) is 10.5 Å². The molecule has 7 nitrogen and oxygen atoms in total. The van der Waals surface area contributed by atoms with Crippen LogP contribution in [0.5, 0.6) is 0 Å². The van der Waals surface area contributed by atoms with E-state index in [1.165, 1.54) is 17.0 Å². The Bertz CT molecular complexity index is 1190. The van der Waals surface area contributed by atoms with Gasteiger partial charge in [0.15, 0.2) is 0 Å². The first-order valence-electron chi connectivity index (χ1n) is 8.85. The topological polar surface area (TPSA) is 85.5 Å². The van der Waals surface area contributed by atoms with Gasteiger partial charge in [0.2, 0.25) is 0 Å². The first kappa shape index (κ1) is 20.1. The lowest BCUT2D eigenvalue weighted by molar-refractivity contribution is -0.384. The summed E-state index contributed by atoms with van der Waals surface area (Å²) in [5, 5.41) is 10.5. The van der Waals surface area contributed by atoms with E-state index in [0.717, 1.165) is 21.8 Å². The average Bonchev–Trinajstić information content (AvgIpc) is 3.30. The van der Waals surface area contributed by atoms with Crippen molar-refractivity contribution in [2.45, 2.75) is 6.54 Å². The fourth-order valence-electron chi connectivity index (χ4n) is 3.05. The van der Waals surface area contributed by atoms with Crippen LogP contribution in [-0.4, -0.2) is 25.5 Å². The Kier molecular flexibility index (Phi) is 5.56. The van der Waals surface area contributed by atoms with E-state index in [1.807, 2.05) is 30.3 Å². The zero-order valence-electron chi connectivity index (χ0n) is 15.4. The van der Waals surface area contributed by atoms with Gasteiger partial charge in [0.25, 0.3) is 16.8 Å². The van der Waals surface area contributed by atoms with Gasteiger partial charge in [-0.05, 0) is 53.7 Å². The molecule has 1 aliphatic heterocycles. The maximum atomic E-state index is 12.8. The summed E-state index contributed by atoms with van der Waals surface area (Å²) in [4.78, 5) is 37.2. The number of benzene rings is 2. The minimum atomic E-state index is -0.457. The fraction of sp³-hybridized carbons (Fsp3) is 0.0476. The van der Waals surface area contributed by atoms with Crippen molar-refractivity contribution in [3.05, 3.63) is 97.6 Å². The molecular formula is C21H14BrN3O4S. The van der Waals surface area contributed by atoms with Crippen molar-refractivity contribution in [1.29, 1.82) is 0 Å². The van der Waals surface area contributed by atoms with E-state index in [1.54, 1.807) is 35.0 Å². The molecule has 0 aliphatic carbocycles. The van der Waals surface area contributed by atoms with Crippen LogP contribution in [0.1, 0.15) is 11.3 Å². The van der Waals surface area contributed by atoms with Crippen LogP contribution in [0.25, 0.3) is 11.8 Å². The lowest BCUT2D eigenvalue weighted by Gasteiger charge is -2.13. The van der Waals surface area contributed by atoms with Gasteiger partial charge in [-0.3, -0.25) is 24.6 Å². The van der Waals surface area contributed by atoms with Crippen LogP contribution < -0.4 is 0 Å². The number of nitro groups is 1. The van der Waals surface area contributed by atoms with E-state index < -0.39 is 4.92 Å². The predicted octanol–water partition coefficient (Wildman–Crippen LogP) is 5.38. The highest BCUT2D eigenvalue weighted by Gasteiger charge is 2.35. The minimum absolute atomic E-state index is 0.000600. The maximum Gasteiger partial charge on any atom is 0.293 e. The summed E-state index contributed by atoms with van der Waals surface area (Å²) in [7, 11) is 0. The molecule has 4 rings (SSSR count). The molecule has 3 aromatic rings. The van der Waals surface area contributed by atoms with E-state index in [2.05, 4.69) is 15.9 Å². The van der Waals surface area contributed by atoms with Crippen molar-refractivity contribution in [3.8, 4) is 5.69 Å². The number of amides is 2. The number of nitro benzene ring substituents is 1. The quantitative estimate of drug-likeness (QED) is 0.276. The van der Waals surface area contributed by atoms with Crippen LogP contribution in [-0.2, 0) is 11.3 Å². The van der Waals surface area contributed by atoms with Crippen LogP contribution in [0.2, 0.25) is 0 Å². The largest absolute Gasteiger partial charge is 0.317 e. The number of nitrogens with zero attached hydrogens (tertiary/aromatic N) is 3. The molecule has 0 unspecified atom stereocenters. The maximum absolute atomic E-state index is 12.8. The van der Waals surface area contributed by atoms with Gasteiger partial charge in [-0.2, -0.15) is 0 Å². The molecule has 1 aliphatic rings. The number of aromatic nitrogens is 1. The zero-order chi connectivity index (χ0) is 21.3. The third-order valence-electron chi connectivity index (χ3n) is 4.56. The Morgan fingerprint density at radius 3 is 2.47 bits per heavy atom. The van der Waals surface area contributed by atoms with E-state index in [9.17, 15) is 19.7 Å². The molecule has 0 radical (unpaired) electrons. The van der Waals surface area contributed by atoms with Crippen molar-refractivity contribution < 1.29 is 14.5 Å². The van der Waals surface area contributed by atoms with Crippen LogP contribution in [0.3, 0.4) is 0 Å². The smallest absolute Gasteiger partial charge is 0.293 e. The summed E-state index contributed by atoms with van der Waals surface area (Å²) in [6, 6.07) is 17.2. The van der Waals surface area contributed by atoms with E-state index in [0.29, 0.717) is 16.3 Å². The number of carbonyl (C=O) groups excluding carboxylic acids is 2. The normalized spacial score (nSPS) is 15.2. The third-order valence-corrected chi connectivity index (χ3v) is 6.24. The molecule has 2 heterocycles.